The molecular weight excluding hydrogens is 290 g/mol. The van der Waals surface area contributed by atoms with Crippen LogP contribution >= 0.6 is 0 Å². The molecule has 0 bridgehead atoms. The molecule has 1 aliphatic rings. The maximum atomic E-state index is 11.9. The number of carbonyl (C=O) groups is 4. The minimum atomic E-state index is -0.652. The molecule has 0 aromatic rings. The predicted octanol–water partition coefficient (Wildman–Crippen LogP) is -0.960. The van der Waals surface area contributed by atoms with Crippen LogP contribution in [0.1, 0.15) is 26.2 Å². The highest BCUT2D eigenvalue weighted by atomic mass is 16.5. The van der Waals surface area contributed by atoms with Gasteiger partial charge >= 0.3 is 17.8 Å². The van der Waals surface area contributed by atoms with Gasteiger partial charge in [0.15, 0.2) is 0 Å². The Morgan fingerprint density at radius 2 is 1.91 bits per heavy atom. The second kappa shape index (κ2) is 9.75. The molecule has 0 aromatic carbocycles. The van der Waals surface area contributed by atoms with Crippen molar-refractivity contribution in [2.45, 2.75) is 26.2 Å². The Bertz CT molecular complexity index is 405. The van der Waals surface area contributed by atoms with E-state index in [-0.39, 0.29) is 11.9 Å². The van der Waals surface area contributed by atoms with Gasteiger partial charge < -0.3 is 20.3 Å². The molecule has 0 spiro atoms. The summed E-state index contributed by atoms with van der Waals surface area (Å²) in [5.41, 5.74) is 0. The maximum Gasteiger partial charge on any atom is 0.311 e. The summed E-state index contributed by atoms with van der Waals surface area (Å²) in [4.78, 5) is 46.7. The van der Waals surface area contributed by atoms with Crippen LogP contribution in [-0.2, 0) is 23.9 Å². The first-order chi connectivity index (χ1) is 10.6. The Labute approximate surface area is 129 Å². The molecule has 1 heterocycles. The molecule has 0 saturated carbocycles. The fourth-order valence-corrected chi connectivity index (χ4v) is 2.25. The fraction of sp³-hybridized carbons (Fsp3) is 0.714. The quantitative estimate of drug-likeness (QED) is 0.273. The largest absolute Gasteiger partial charge is 0.466 e. The zero-order chi connectivity index (χ0) is 16.4. The minimum Gasteiger partial charge on any atom is -0.466 e. The Kier molecular flexibility index (Phi) is 7.95. The molecule has 124 valence electrons. The Balaban J connectivity index is 2.28. The van der Waals surface area contributed by atoms with Crippen molar-refractivity contribution in [3.05, 3.63) is 0 Å². The number of nitrogens with one attached hydrogen (secondary N) is 2. The average molecular weight is 313 g/mol. The van der Waals surface area contributed by atoms with Crippen molar-refractivity contribution in [2.24, 2.45) is 5.92 Å². The summed E-state index contributed by atoms with van der Waals surface area (Å²) in [5.74, 6) is -1.66. The lowest BCUT2D eigenvalue weighted by molar-refractivity contribution is -0.152. The molecule has 1 fully saturated rings. The third-order valence-corrected chi connectivity index (χ3v) is 3.46. The highest BCUT2D eigenvalue weighted by Crippen LogP contribution is 2.18. The maximum absolute atomic E-state index is 11.9. The number of ether oxygens (including phenoxy) is 1. The zero-order valence-electron chi connectivity index (χ0n) is 12.8. The van der Waals surface area contributed by atoms with Crippen molar-refractivity contribution in [2.75, 3.05) is 32.8 Å². The predicted molar refractivity (Wildman–Crippen MR) is 77.6 cm³/mol. The molecule has 1 rings (SSSR count). The molecule has 1 saturated heterocycles. The summed E-state index contributed by atoms with van der Waals surface area (Å²) in [6.45, 7) is 3.63. The molecule has 22 heavy (non-hydrogen) atoms. The molecule has 2 N–H and O–H groups in total. The number of likely N-dealkylation sites (tertiary alicyclic amines) is 1. The lowest BCUT2D eigenvalue weighted by Gasteiger charge is -2.30. The van der Waals surface area contributed by atoms with Crippen LogP contribution in [0.15, 0.2) is 0 Å². The molecular formula is C14H23N3O5. The third-order valence-electron chi connectivity index (χ3n) is 3.46. The monoisotopic (exact) mass is 313 g/mol. The van der Waals surface area contributed by atoms with Gasteiger partial charge in [-0.2, -0.15) is 0 Å². The van der Waals surface area contributed by atoms with Crippen LogP contribution in [0.4, 0.5) is 0 Å². The first-order valence-corrected chi connectivity index (χ1v) is 7.50. The molecule has 1 aliphatic heterocycles. The van der Waals surface area contributed by atoms with E-state index in [0.29, 0.717) is 58.5 Å². The van der Waals surface area contributed by atoms with Crippen LogP contribution < -0.4 is 10.6 Å². The Morgan fingerprint density at radius 1 is 1.23 bits per heavy atom. The smallest absolute Gasteiger partial charge is 0.311 e. The van der Waals surface area contributed by atoms with Gasteiger partial charge in [0.2, 0.25) is 6.41 Å². The molecule has 0 aromatic heterocycles. The number of rotatable bonds is 7. The van der Waals surface area contributed by atoms with Crippen LogP contribution in [0.2, 0.25) is 0 Å². The van der Waals surface area contributed by atoms with E-state index in [2.05, 4.69) is 10.6 Å². The molecule has 8 heteroatoms. The van der Waals surface area contributed by atoms with Gasteiger partial charge in [0, 0.05) is 26.2 Å². The van der Waals surface area contributed by atoms with E-state index < -0.39 is 11.8 Å². The lowest BCUT2D eigenvalue weighted by Crippen LogP contribution is -2.47. The number of esters is 1. The second-order valence-electron chi connectivity index (χ2n) is 5.00. The van der Waals surface area contributed by atoms with Gasteiger partial charge in [-0.3, -0.25) is 19.2 Å². The minimum absolute atomic E-state index is 0.193. The molecule has 0 atom stereocenters. The molecule has 0 unspecified atom stereocenters. The highest BCUT2D eigenvalue weighted by Gasteiger charge is 2.30. The van der Waals surface area contributed by atoms with Crippen molar-refractivity contribution in [1.82, 2.24) is 15.5 Å². The van der Waals surface area contributed by atoms with Crippen LogP contribution in [0.5, 0.6) is 0 Å². The second-order valence-corrected chi connectivity index (χ2v) is 5.00. The van der Waals surface area contributed by atoms with E-state index in [0.717, 1.165) is 0 Å². The van der Waals surface area contributed by atoms with Gasteiger partial charge in [-0.25, -0.2) is 0 Å². The summed E-state index contributed by atoms with van der Waals surface area (Å²) in [6.07, 6.45) is 2.17. The molecule has 8 nitrogen and oxygen atoms in total. The first kappa shape index (κ1) is 17.9. The van der Waals surface area contributed by atoms with Crippen molar-refractivity contribution in [1.29, 1.82) is 0 Å². The summed E-state index contributed by atoms with van der Waals surface area (Å²) < 4.78 is 4.96. The molecule has 3 amide bonds. The average Bonchev–Trinajstić information content (AvgIpc) is 2.54. The first-order valence-electron chi connectivity index (χ1n) is 7.50. The van der Waals surface area contributed by atoms with Crippen molar-refractivity contribution < 1.29 is 23.9 Å². The third kappa shape index (κ3) is 5.71. The van der Waals surface area contributed by atoms with E-state index in [9.17, 15) is 19.2 Å². The number of piperidine rings is 1. The summed E-state index contributed by atoms with van der Waals surface area (Å²) in [5, 5.41) is 4.98. The number of hydrogen-bond donors (Lipinski definition) is 2. The fourth-order valence-electron chi connectivity index (χ4n) is 2.25. The van der Waals surface area contributed by atoms with Gasteiger partial charge in [0.1, 0.15) is 0 Å². The summed E-state index contributed by atoms with van der Waals surface area (Å²) in [7, 11) is 0. The normalized spacial score (nSPS) is 15.0. The Hall–Kier alpha value is -2.12. The van der Waals surface area contributed by atoms with Crippen molar-refractivity contribution in [3.8, 4) is 0 Å². The summed E-state index contributed by atoms with van der Waals surface area (Å²) >= 11 is 0. The van der Waals surface area contributed by atoms with Crippen LogP contribution in [0.25, 0.3) is 0 Å². The number of carbonyl (C=O) groups excluding carboxylic acids is 4. The van der Waals surface area contributed by atoms with Crippen molar-refractivity contribution in [3.63, 3.8) is 0 Å². The van der Waals surface area contributed by atoms with Gasteiger partial charge in [-0.1, -0.05) is 0 Å². The van der Waals surface area contributed by atoms with Gasteiger partial charge in [-0.05, 0) is 26.2 Å². The topological polar surface area (TPSA) is 105 Å². The van der Waals surface area contributed by atoms with Crippen LogP contribution in [0, 0.1) is 5.92 Å². The number of hydrogen-bond acceptors (Lipinski definition) is 5. The molecule has 0 aliphatic carbocycles. The number of nitrogens with zero attached hydrogens (tertiary/aromatic N) is 1. The van der Waals surface area contributed by atoms with Gasteiger partial charge in [0.25, 0.3) is 0 Å². The van der Waals surface area contributed by atoms with E-state index in [4.69, 9.17) is 4.74 Å². The van der Waals surface area contributed by atoms with Crippen LogP contribution in [0.3, 0.4) is 0 Å². The van der Waals surface area contributed by atoms with Gasteiger partial charge in [0.05, 0.1) is 12.5 Å². The van der Waals surface area contributed by atoms with E-state index in [1.165, 1.54) is 4.90 Å². The highest BCUT2D eigenvalue weighted by molar-refractivity contribution is 6.35. The van der Waals surface area contributed by atoms with Crippen molar-refractivity contribution >= 4 is 24.2 Å². The SMILES string of the molecule is CCOC(=O)C1CCN(C(=O)C(=O)NCCCNC=O)CC1. The molecule has 0 radical (unpaired) electrons. The van der Waals surface area contributed by atoms with Crippen LogP contribution in [-0.4, -0.2) is 61.9 Å². The standard InChI is InChI=1S/C14H23N3O5/c1-2-22-14(21)11-4-8-17(9-5-11)13(20)12(19)16-7-3-6-15-10-18/h10-11H,2-9H2,1H3,(H,15,18)(H,16,19). The lowest BCUT2D eigenvalue weighted by atomic mass is 9.97. The van der Waals surface area contributed by atoms with E-state index in [1.807, 2.05) is 0 Å². The zero-order valence-corrected chi connectivity index (χ0v) is 12.8. The van der Waals surface area contributed by atoms with E-state index in [1.54, 1.807) is 6.92 Å². The van der Waals surface area contributed by atoms with Gasteiger partial charge in [-0.15, -0.1) is 0 Å². The Morgan fingerprint density at radius 3 is 2.50 bits per heavy atom. The van der Waals surface area contributed by atoms with E-state index >= 15 is 0 Å². The number of amides is 3. The summed E-state index contributed by atoms with van der Waals surface area (Å²) in [6, 6.07) is 0.